The van der Waals surface area contributed by atoms with Crippen molar-refractivity contribution in [3.8, 4) is 5.88 Å². The number of hydrogen-bond acceptors (Lipinski definition) is 6. The molecule has 2 amide bonds. The molecule has 3 heterocycles. The largest absolute Gasteiger partial charge is 0.480 e. The molecule has 0 unspecified atom stereocenters. The molecule has 1 saturated carbocycles. The summed E-state index contributed by atoms with van der Waals surface area (Å²) in [5.41, 5.74) is 7.71. The van der Waals surface area contributed by atoms with Gasteiger partial charge < -0.3 is 15.0 Å². The minimum Gasteiger partial charge on any atom is -0.480 e. The van der Waals surface area contributed by atoms with Gasteiger partial charge in [-0.15, -0.1) is 0 Å². The summed E-state index contributed by atoms with van der Waals surface area (Å²) in [4.78, 5) is 39.1. The molecular weight excluding hydrogens is 434 g/mol. The van der Waals surface area contributed by atoms with Crippen molar-refractivity contribution in [1.82, 2.24) is 19.6 Å². The number of ether oxygens (including phenoxy) is 1. The Balaban J connectivity index is 1.21. The van der Waals surface area contributed by atoms with E-state index in [0.29, 0.717) is 36.1 Å². The first-order valence-corrected chi connectivity index (χ1v) is 11.7. The monoisotopic (exact) mass is 463 g/mol. The molecule has 1 aromatic carbocycles. The van der Waals surface area contributed by atoms with Crippen LogP contribution < -0.4 is 10.5 Å². The SMILES string of the molecule is COc1cncc([C@@H]2CCON2C(=O)[C@H]2CC[C@H](Cn3ccc4cc(C(N)=O)ccc43)CC2)n1. The molecule has 9 heteroatoms. The highest BCUT2D eigenvalue weighted by molar-refractivity contribution is 5.97. The summed E-state index contributed by atoms with van der Waals surface area (Å²) in [5, 5.41) is 2.53. The Labute approximate surface area is 197 Å². The lowest BCUT2D eigenvalue weighted by atomic mass is 9.81. The Hall–Kier alpha value is -3.46. The van der Waals surface area contributed by atoms with Crippen molar-refractivity contribution in [2.45, 2.75) is 44.7 Å². The van der Waals surface area contributed by atoms with Crippen LogP contribution in [0, 0.1) is 11.8 Å². The molecule has 1 aliphatic carbocycles. The number of primary amides is 1. The van der Waals surface area contributed by atoms with Crippen molar-refractivity contribution in [2.75, 3.05) is 13.7 Å². The molecule has 2 fully saturated rings. The summed E-state index contributed by atoms with van der Waals surface area (Å²) in [7, 11) is 1.55. The molecule has 1 aliphatic heterocycles. The van der Waals surface area contributed by atoms with E-state index in [2.05, 4.69) is 20.7 Å². The van der Waals surface area contributed by atoms with Crippen LogP contribution in [0.25, 0.3) is 10.9 Å². The molecule has 0 radical (unpaired) electrons. The fourth-order valence-corrected chi connectivity index (χ4v) is 5.14. The highest BCUT2D eigenvalue weighted by Crippen LogP contribution is 2.36. The zero-order chi connectivity index (χ0) is 23.7. The number of rotatable bonds is 6. The van der Waals surface area contributed by atoms with E-state index in [4.69, 9.17) is 15.3 Å². The fraction of sp³-hybridized carbons (Fsp3) is 0.440. The quantitative estimate of drug-likeness (QED) is 0.600. The third-order valence-corrected chi connectivity index (χ3v) is 7.01. The molecule has 178 valence electrons. The molecule has 5 rings (SSSR count). The lowest BCUT2D eigenvalue weighted by Crippen LogP contribution is -2.37. The van der Waals surface area contributed by atoms with E-state index in [-0.39, 0.29) is 17.9 Å². The van der Waals surface area contributed by atoms with Crippen molar-refractivity contribution in [1.29, 1.82) is 0 Å². The van der Waals surface area contributed by atoms with Crippen molar-refractivity contribution >= 4 is 22.7 Å². The Morgan fingerprint density at radius 3 is 2.74 bits per heavy atom. The van der Waals surface area contributed by atoms with Gasteiger partial charge in [0.2, 0.25) is 17.7 Å². The van der Waals surface area contributed by atoms with E-state index < -0.39 is 5.91 Å². The highest BCUT2D eigenvalue weighted by atomic mass is 16.7. The van der Waals surface area contributed by atoms with E-state index >= 15 is 0 Å². The molecule has 1 saturated heterocycles. The molecule has 0 spiro atoms. The number of carbonyl (C=O) groups excluding carboxylic acids is 2. The second-order valence-corrected chi connectivity index (χ2v) is 9.11. The number of hydroxylamine groups is 2. The first-order valence-electron chi connectivity index (χ1n) is 11.7. The molecule has 34 heavy (non-hydrogen) atoms. The van der Waals surface area contributed by atoms with Crippen LogP contribution in [0.4, 0.5) is 0 Å². The van der Waals surface area contributed by atoms with E-state index in [0.717, 1.165) is 43.1 Å². The molecule has 2 aromatic heterocycles. The number of nitrogens with zero attached hydrogens (tertiary/aromatic N) is 4. The molecule has 1 atom stereocenters. The average Bonchev–Trinajstić information content (AvgIpc) is 3.51. The van der Waals surface area contributed by atoms with Gasteiger partial charge in [-0.2, -0.15) is 0 Å². The minimum atomic E-state index is -0.416. The van der Waals surface area contributed by atoms with Gasteiger partial charge in [-0.25, -0.2) is 10.0 Å². The van der Waals surface area contributed by atoms with Crippen molar-refractivity contribution in [3.05, 3.63) is 54.1 Å². The van der Waals surface area contributed by atoms with Crippen molar-refractivity contribution < 1.29 is 19.2 Å². The third-order valence-electron chi connectivity index (χ3n) is 7.01. The molecule has 0 bridgehead atoms. The fourth-order valence-electron chi connectivity index (χ4n) is 5.14. The average molecular weight is 464 g/mol. The second-order valence-electron chi connectivity index (χ2n) is 9.11. The Morgan fingerprint density at radius 2 is 1.97 bits per heavy atom. The summed E-state index contributed by atoms with van der Waals surface area (Å²) in [6.07, 6.45) is 9.62. The maximum atomic E-state index is 13.3. The van der Waals surface area contributed by atoms with Crippen LogP contribution in [0.3, 0.4) is 0 Å². The summed E-state index contributed by atoms with van der Waals surface area (Å²) in [5.74, 6) is 0.502. The number of amides is 2. The van der Waals surface area contributed by atoms with Crippen LogP contribution in [0.5, 0.6) is 5.88 Å². The van der Waals surface area contributed by atoms with Crippen molar-refractivity contribution in [2.24, 2.45) is 17.6 Å². The van der Waals surface area contributed by atoms with Gasteiger partial charge >= 0.3 is 0 Å². The standard InChI is InChI=1S/C25H29N5O4/c1-33-23-14-27-13-20(28-23)22-9-11-34-30(22)25(32)17-4-2-16(3-5-17)15-29-10-8-18-12-19(24(26)31)6-7-21(18)29/h6-8,10,12-14,16-17,22H,2-5,9,11,15H2,1H3,(H2,26,31)/t16-,17-,22-/m0/s1. The molecule has 9 nitrogen and oxygen atoms in total. The van der Waals surface area contributed by atoms with E-state index in [1.165, 1.54) is 5.06 Å². The number of nitrogens with two attached hydrogens (primary N) is 1. The van der Waals surface area contributed by atoms with Gasteiger partial charge in [0, 0.05) is 41.5 Å². The summed E-state index contributed by atoms with van der Waals surface area (Å²) in [6, 6.07) is 7.35. The molecule has 3 aromatic rings. The Bertz CT molecular complexity index is 1200. The number of carbonyl (C=O) groups is 2. The maximum Gasteiger partial charge on any atom is 0.249 e. The smallest absolute Gasteiger partial charge is 0.249 e. The first kappa shape index (κ1) is 22.3. The van der Waals surface area contributed by atoms with Gasteiger partial charge in [-0.3, -0.25) is 19.4 Å². The van der Waals surface area contributed by atoms with Crippen LogP contribution >= 0.6 is 0 Å². The third kappa shape index (κ3) is 4.35. The molecule has 2 N–H and O–H groups in total. The number of benzene rings is 1. The first-order chi connectivity index (χ1) is 16.5. The Morgan fingerprint density at radius 1 is 1.15 bits per heavy atom. The highest BCUT2D eigenvalue weighted by Gasteiger charge is 2.38. The predicted octanol–water partition coefficient (Wildman–Crippen LogP) is 3.25. The van der Waals surface area contributed by atoms with Gasteiger partial charge in [-0.05, 0) is 55.9 Å². The van der Waals surface area contributed by atoms with Crippen LogP contribution in [-0.2, 0) is 16.2 Å². The van der Waals surface area contributed by atoms with Gasteiger partial charge in [0.1, 0.15) is 6.04 Å². The predicted molar refractivity (Wildman–Crippen MR) is 125 cm³/mol. The maximum absolute atomic E-state index is 13.3. The number of fused-ring (bicyclic) bond motifs is 1. The lowest BCUT2D eigenvalue weighted by Gasteiger charge is -2.32. The van der Waals surface area contributed by atoms with E-state index in [1.807, 2.05) is 18.2 Å². The number of methoxy groups -OCH3 is 1. The zero-order valence-electron chi connectivity index (χ0n) is 19.2. The molecule has 2 aliphatic rings. The normalized spacial score (nSPS) is 22.7. The summed E-state index contributed by atoms with van der Waals surface area (Å²) < 4.78 is 7.41. The van der Waals surface area contributed by atoms with Gasteiger partial charge in [0.05, 0.1) is 31.8 Å². The van der Waals surface area contributed by atoms with Crippen LogP contribution in [0.1, 0.15) is 54.2 Å². The zero-order valence-corrected chi connectivity index (χ0v) is 19.2. The summed E-state index contributed by atoms with van der Waals surface area (Å²) >= 11 is 0. The van der Waals surface area contributed by atoms with Crippen LogP contribution in [0.2, 0.25) is 0 Å². The summed E-state index contributed by atoms with van der Waals surface area (Å²) in [6.45, 7) is 1.38. The van der Waals surface area contributed by atoms with E-state index in [1.54, 1.807) is 25.6 Å². The number of hydrogen-bond donors (Lipinski definition) is 1. The lowest BCUT2D eigenvalue weighted by molar-refractivity contribution is -0.183. The van der Waals surface area contributed by atoms with Gasteiger partial charge in [0.25, 0.3) is 0 Å². The number of aromatic nitrogens is 3. The van der Waals surface area contributed by atoms with Gasteiger partial charge in [-0.1, -0.05) is 0 Å². The van der Waals surface area contributed by atoms with Crippen LogP contribution in [-0.4, -0.2) is 45.1 Å². The van der Waals surface area contributed by atoms with Crippen LogP contribution in [0.15, 0.2) is 42.9 Å². The Kier molecular flexibility index (Phi) is 6.19. The minimum absolute atomic E-state index is 0.0379. The van der Waals surface area contributed by atoms with Gasteiger partial charge in [0.15, 0.2) is 0 Å². The molecular formula is C25H29N5O4. The van der Waals surface area contributed by atoms with E-state index in [9.17, 15) is 9.59 Å². The topological polar surface area (TPSA) is 113 Å². The second kappa shape index (κ2) is 9.42. The van der Waals surface area contributed by atoms with Crippen molar-refractivity contribution in [3.63, 3.8) is 0 Å².